The van der Waals surface area contributed by atoms with Gasteiger partial charge in [0.1, 0.15) is 12.4 Å². The fourth-order valence-electron chi connectivity index (χ4n) is 0.674. The van der Waals surface area contributed by atoms with Crippen molar-refractivity contribution in [3.63, 3.8) is 0 Å². The van der Waals surface area contributed by atoms with Gasteiger partial charge in [0, 0.05) is 10.7 Å². The summed E-state index contributed by atoms with van der Waals surface area (Å²) in [5.41, 5.74) is 0. The van der Waals surface area contributed by atoms with Crippen LogP contribution in [0.1, 0.15) is 6.92 Å². The van der Waals surface area contributed by atoms with Crippen LogP contribution in [-0.2, 0) is 4.74 Å². The zero-order chi connectivity index (χ0) is 6.69. The van der Waals surface area contributed by atoms with E-state index in [4.69, 9.17) is 4.74 Å². The Morgan fingerprint density at radius 1 is 1.78 bits per heavy atom. The highest BCUT2D eigenvalue weighted by atomic mass is 32.2. The van der Waals surface area contributed by atoms with Gasteiger partial charge in [0.2, 0.25) is 0 Å². The fraction of sp³-hybridized carbons (Fsp3) is 0.667. The van der Waals surface area contributed by atoms with E-state index in [9.17, 15) is 4.39 Å². The molecule has 3 heteroatoms. The van der Waals surface area contributed by atoms with Gasteiger partial charge in [-0.1, -0.05) is 0 Å². The molecule has 52 valence electrons. The van der Waals surface area contributed by atoms with Gasteiger partial charge >= 0.3 is 0 Å². The van der Waals surface area contributed by atoms with Crippen LogP contribution in [0.25, 0.3) is 0 Å². The van der Waals surface area contributed by atoms with E-state index in [2.05, 4.69) is 0 Å². The summed E-state index contributed by atoms with van der Waals surface area (Å²) in [6.07, 6.45) is 0. The highest BCUT2D eigenvalue weighted by Gasteiger charge is 2.09. The molecule has 1 aliphatic heterocycles. The van der Waals surface area contributed by atoms with Crippen LogP contribution in [0.4, 0.5) is 4.39 Å². The minimum atomic E-state index is -0.459. The smallest absolute Gasteiger partial charge is 0.147 e. The van der Waals surface area contributed by atoms with E-state index in [1.807, 2.05) is 6.92 Å². The van der Waals surface area contributed by atoms with Crippen LogP contribution in [-0.4, -0.2) is 19.0 Å². The minimum absolute atomic E-state index is 0.459. The molecule has 1 nitrogen and oxygen atoms in total. The van der Waals surface area contributed by atoms with Crippen molar-refractivity contribution in [3.05, 3.63) is 10.7 Å². The number of hydrogen-bond donors (Lipinski definition) is 0. The van der Waals surface area contributed by atoms with Crippen LogP contribution in [0, 0.1) is 0 Å². The number of thioether (sulfide) groups is 1. The van der Waals surface area contributed by atoms with Crippen molar-refractivity contribution >= 4 is 11.8 Å². The highest BCUT2D eigenvalue weighted by molar-refractivity contribution is 8.03. The number of rotatable bonds is 1. The van der Waals surface area contributed by atoms with Gasteiger partial charge in [0.15, 0.2) is 0 Å². The second kappa shape index (κ2) is 3.11. The molecule has 0 bridgehead atoms. The van der Waals surface area contributed by atoms with Gasteiger partial charge in [0.05, 0.1) is 6.61 Å². The van der Waals surface area contributed by atoms with E-state index in [0.717, 1.165) is 10.7 Å². The van der Waals surface area contributed by atoms with Crippen molar-refractivity contribution in [3.8, 4) is 0 Å². The topological polar surface area (TPSA) is 9.23 Å². The first-order valence-electron chi connectivity index (χ1n) is 2.86. The average Bonchev–Trinajstić information content (AvgIpc) is 1.89. The van der Waals surface area contributed by atoms with E-state index < -0.39 is 6.67 Å². The normalized spacial score (nSPS) is 19.8. The first-order chi connectivity index (χ1) is 4.34. The number of allylic oxidation sites excluding steroid dienone is 2. The second-order valence-corrected chi connectivity index (χ2v) is 3.12. The van der Waals surface area contributed by atoms with E-state index in [0.29, 0.717) is 12.4 Å². The Bertz CT molecular complexity index is 133. The van der Waals surface area contributed by atoms with E-state index in [-0.39, 0.29) is 0 Å². The molecule has 0 aromatic heterocycles. The molecule has 0 spiro atoms. The van der Waals surface area contributed by atoms with Crippen LogP contribution in [0.3, 0.4) is 0 Å². The number of halogens is 1. The molecule has 0 radical (unpaired) electrons. The van der Waals surface area contributed by atoms with Crippen molar-refractivity contribution in [2.45, 2.75) is 6.92 Å². The van der Waals surface area contributed by atoms with Gasteiger partial charge in [0.25, 0.3) is 0 Å². The Labute approximate surface area is 58.3 Å². The van der Waals surface area contributed by atoms with Crippen LogP contribution in [0.5, 0.6) is 0 Å². The quantitative estimate of drug-likeness (QED) is 0.562. The maximum absolute atomic E-state index is 11.9. The molecule has 0 aromatic carbocycles. The van der Waals surface area contributed by atoms with Gasteiger partial charge in [-0.25, -0.2) is 4.39 Å². The lowest BCUT2D eigenvalue weighted by molar-refractivity contribution is 0.202. The molecule has 0 unspecified atom stereocenters. The van der Waals surface area contributed by atoms with Gasteiger partial charge in [-0.05, 0) is 6.92 Å². The zero-order valence-corrected chi connectivity index (χ0v) is 6.13. The first-order valence-corrected chi connectivity index (χ1v) is 3.84. The minimum Gasteiger partial charge on any atom is -0.493 e. The van der Waals surface area contributed by atoms with Crippen molar-refractivity contribution in [1.29, 1.82) is 0 Å². The Balaban J connectivity index is 2.59. The van der Waals surface area contributed by atoms with E-state index >= 15 is 0 Å². The molecule has 0 saturated heterocycles. The summed E-state index contributed by atoms with van der Waals surface area (Å²) in [6, 6.07) is 0. The molecular formula is C6H9FOS. The van der Waals surface area contributed by atoms with Crippen molar-refractivity contribution in [2.24, 2.45) is 0 Å². The van der Waals surface area contributed by atoms with Gasteiger partial charge in [-0.3, -0.25) is 0 Å². The summed E-state index contributed by atoms with van der Waals surface area (Å²) >= 11 is 1.67. The third-order valence-electron chi connectivity index (χ3n) is 1.19. The van der Waals surface area contributed by atoms with Crippen molar-refractivity contribution in [1.82, 2.24) is 0 Å². The molecule has 9 heavy (non-hydrogen) atoms. The number of hydrogen-bond acceptors (Lipinski definition) is 2. The molecule has 0 amide bonds. The molecule has 0 saturated carbocycles. The lowest BCUT2D eigenvalue weighted by Crippen LogP contribution is -2.06. The fourth-order valence-corrected chi connectivity index (χ4v) is 1.42. The van der Waals surface area contributed by atoms with Gasteiger partial charge < -0.3 is 4.74 Å². The molecule has 0 N–H and O–H groups in total. The highest BCUT2D eigenvalue weighted by Crippen LogP contribution is 2.24. The number of ether oxygens (including phenoxy) is 1. The second-order valence-electron chi connectivity index (χ2n) is 1.81. The molecule has 0 fully saturated rings. The van der Waals surface area contributed by atoms with Crippen molar-refractivity contribution in [2.75, 3.05) is 19.0 Å². The van der Waals surface area contributed by atoms with Crippen LogP contribution in [0.2, 0.25) is 0 Å². The molecule has 1 aliphatic rings. The van der Waals surface area contributed by atoms with E-state index in [1.165, 1.54) is 0 Å². The Morgan fingerprint density at radius 2 is 2.56 bits per heavy atom. The monoisotopic (exact) mass is 148 g/mol. The molecule has 0 atom stereocenters. The summed E-state index contributed by atoms with van der Waals surface area (Å²) in [4.78, 5) is 0.990. The summed E-state index contributed by atoms with van der Waals surface area (Å²) in [6.45, 7) is 2.08. The predicted molar refractivity (Wildman–Crippen MR) is 37.1 cm³/mol. The van der Waals surface area contributed by atoms with E-state index in [1.54, 1.807) is 11.8 Å². The first kappa shape index (κ1) is 6.93. The summed E-state index contributed by atoms with van der Waals surface area (Å²) in [5.74, 6) is 1.47. The summed E-state index contributed by atoms with van der Waals surface area (Å²) in [7, 11) is 0. The summed E-state index contributed by atoms with van der Waals surface area (Å²) < 4.78 is 17.0. The third kappa shape index (κ3) is 1.61. The Morgan fingerprint density at radius 3 is 3.00 bits per heavy atom. The maximum Gasteiger partial charge on any atom is 0.147 e. The van der Waals surface area contributed by atoms with Crippen LogP contribution < -0.4 is 0 Å². The van der Waals surface area contributed by atoms with Gasteiger partial charge in [-0.15, -0.1) is 11.8 Å². The summed E-state index contributed by atoms with van der Waals surface area (Å²) in [5, 5.41) is 0. The lowest BCUT2D eigenvalue weighted by atomic mass is 10.5. The molecule has 1 rings (SSSR count). The Hall–Kier alpha value is -0.180. The molecule has 0 aromatic rings. The lowest BCUT2D eigenvalue weighted by Gasteiger charge is -2.15. The zero-order valence-electron chi connectivity index (χ0n) is 5.32. The number of alkyl halides is 1. The standard InChI is InChI=1S/C6H9FOS/c1-5-6(4-7)8-2-3-9-5/h2-4H2,1H3. The van der Waals surface area contributed by atoms with Crippen LogP contribution >= 0.6 is 11.8 Å². The Kier molecular flexibility index (Phi) is 2.39. The maximum atomic E-state index is 11.9. The largest absolute Gasteiger partial charge is 0.493 e. The van der Waals surface area contributed by atoms with Crippen molar-refractivity contribution < 1.29 is 9.13 Å². The molecular weight excluding hydrogens is 139 g/mol. The third-order valence-corrected chi connectivity index (χ3v) is 2.22. The van der Waals surface area contributed by atoms with Gasteiger partial charge in [-0.2, -0.15) is 0 Å². The molecule has 1 heterocycles. The average molecular weight is 148 g/mol. The predicted octanol–water partition coefficient (Wildman–Crippen LogP) is 1.95. The SMILES string of the molecule is CC1=C(CF)OCCS1. The van der Waals surface area contributed by atoms with Crippen LogP contribution in [0.15, 0.2) is 10.7 Å². The molecule has 0 aliphatic carbocycles.